The average Bonchev–Trinajstić information content (AvgIpc) is 3.49. The topological polar surface area (TPSA) is 222 Å². The Hall–Kier alpha value is -3.42. The molecule has 1 aromatic heterocycles. The molecule has 1 aromatic carbocycles. The van der Waals surface area contributed by atoms with Crippen LogP contribution in [0, 0.1) is 0 Å². The quantitative estimate of drug-likeness (QED) is 0.104. The minimum atomic E-state index is -1.21. The lowest BCUT2D eigenvalue weighted by Crippen LogP contribution is -2.49. The number of nitrogens with one attached hydrogen (secondary N) is 1. The minimum Gasteiger partial charge on any atom is -0.491 e. The number of benzene rings is 1. The monoisotopic (exact) mass is 698 g/mol. The number of nitrogens with zero attached hydrogens (tertiary/aromatic N) is 3. The Balaban J connectivity index is 1.16. The molecule has 2 aromatic rings. The summed E-state index contributed by atoms with van der Waals surface area (Å²) in [6, 6.07) is 6.34. The molecule has 5 N–H and O–H groups in total. The summed E-state index contributed by atoms with van der Waals surface area (Å²) in [5, 5.41) is 48.8. The lowest BCUT2D eigenvalue weighted by Gasteiger charge is -2.36. The average molecular weight is 699 g/mol. The Labute approximate surface area is 285 Å². The summed E-state index contributed by atoms with van der Waals surface area (Å²) >= 11 is 0. The third kappa shape index (κ3) is 15.8. The number of aliphatic carboxylic acids is 1. The summed E-state index contributed by atoms with van der Waals surface area (Å²) in [4.78, 5) is 23.5. The Bertz CT molecular complexity index is 1240. The Kier molecular flexibility index (Phi) is 17.1. The second-order valence-electron chi connectivity index (χ2n) is 12.3. The Morgan fingerprint density at radius 3 is 2.27 bits per heavy atom. The van der Waals surface area contributed by atoms with Gasteiger partial charge in [0, 0.05) is 19.0 Å². The fraction of sp³-hybridized carbons (Fsp3) is 0.688. The van der Waals surface area contributed by atoms with E-state index in [0.29, 0.717) is 77.3 Å². The molecule has 1 amide bonds. The summed E-state index contributed by atoms with van der Waals surface area (Å²) in [5.74, 6) is -0.504. The number of hydrogen-bond acceptors (Lipinski definition) is 14. The zero-order chi connectivity index (χ0) is 35.6. The number of carboxylic acids is 1. The first-order chi connectivity index (χ1) is 23.4. The smallest absolute Gasteiger partial charge is 0.408 e. The van der Waals surface area contributed by atoms with Gasteiger partial charge < -0.3 is 58.9 Å². The third-order valence-electron chi connectivity index (χ3n) is 7.00. The van der Waals surface area contributed by atoms with E-state index >= 15 is 0 Å². The van der Waals surface area contributed by atoms with E-state index in [2.05, 4.69) is 15.6 Å². The number of alkyl carbamates (subject to hydrolysis) is 1. The van der Waals surface area contributed by atoms with Crippen molar-refractivity contribution in [3.05, 3.63) is 41.7 Å². The number of aliphatic hydroxyl groups is 3. The van der Waals surface area contributed by atoms with Crippen molar-refractivity contribution >= 4 is 12.1 Å². The number of amides is 1. The molecular weight excluding hydrogens is 648 g/mol. The molecule has 0 aliphatic carbocycles. The minimum absolute atomic E-state index is 0.0473. The number of rotatable bonds is 22. The van der Waals surface area contributed by atoms with E-state index in [1.165, 1.54) is 4.68 Å². The predicted octanol–water partition coefficient (Wildman–Crippen LogP) is 0.316. The van der Waals surface area contributed by atoms with Crippen LogP contribution < -0.4 is 10.1 Å². The number of carbonyl (C=O) groups excluding carboxylic acids is 1. The van der Waals surface area contributed by atoms with Crippen LogP contribution in [-0.4, -0.2) is 143 Å². The van der Waals surface area contributed by atoms with Crippen LogP contribution in [0.5, 0.6) is 5.75 Å². The number of hydrogen-bond donors (Lipinski definition) is 5. The molecule has 276 valence electrons. The van der Waals surface area contributed by atoms with Gasteiger partial charge in [-0.25, -0.2) is 14.3 Å². The van der Waals surface area contributed by atoms with Crippen molar-refractivity contribution in [1.82, 2.24) is 20.3 Å². The molecule has 5 atom stereocenters. The van der Waals surface area contributed by atoms with Crippen LogP contribution in [0.15, 0.2) is 30.5 Å². The van der Waals surface area contributed by atoms with Crippen LogP contribution in [-0.2, 0) is 52.6 Å². The molecule has 3 rings (SSSR count). The SMILES string of the molecule is CC(C)(C)OC(=O)NC(Cc1cn(CCOCCOCCOCCOc2ccc(CCO[C@@H]3O[C@H](CO)[C@@H](O)C[C@H]3O)cc2)nn1)C(=O)O. The van der Waals surface area contributed by atoms with Crippen molar-refractivity contribution in [3.8, 4) is 5.75 Å². The van der Waals surface area contributed by atoms with Crippen LogP contribution in [0.25, 0.3) is 0 Å². The Morgan fingerprint density at radius 2 is 1.63 bits per heavy atom. The number of carboxylic acid groups (broad SMARTS) is 1. The summed E-state index contributed by atoms with van der Waals surface area (Å²) in [5.41, 5.74) is 0.669. The highest BCUT2D eigenvalue weighted by Crippen LogP contribution is 2.21. The predicted molar refractivity (Wildman–Crippen MR) is 171 cm³/mol. The molecule has 1 unspecified atom stereocenters. The first-order valence-electron chi connectivity index (χ1n) is 16.2. The fourth-order valence-electron chi connectivity index (χ4n) is 4.54. The van der Waals surface area contributed by atoms with E-state index < -0.39 is 48.3 Å². The van der Waals surface area contributed by atoms with Gasteiger partial charge in [-0.3, -0.25) is 0 Å². The summed E-state index contributed by atoms with van der Waals surface area (Å²) in [6.07, 6.45) is -2.12. The second kappa shape index (κ2) is 20.9. The molecule has 1 saturated heterocycles. The van der Waals surface area contributed by atoms with E-state index in [1.807, 2.05) is 24.3 Å². The summed E-state index contributed by atoms with van der Waals surface area (Å²) in [7, 11) is 0. The van der Waals surface area contributed by atoms with Crippen molar-refractivity contribution < 1.29 is 63.2 Å². The van der Waals surface area contributed by atoms with Crippen LogP contribution in [0.3, 0.4) is 0 Å². The van der Waals surface area contributed by atoms with Gasteiger partial charge in [-0.2, -0.15) is 0 Å². The van der Waals surface area contributed by atoms with Gasteiger partial charge in [0.25, 0.3) is 0 Å². The molecule has 0 spiro atoms. The number of aromatic nitrogens is 3. The highest BCUT2D eigenvalue weighted by atomic mass is 16.7. The standard InChI is InChI=1S/C32H50N4O13/c1-32(2,3)49-31(42)33-25(29(40)41)18-23-20-36(35-34-23)9-11-43-12-13-44-14-15-45-16-17-46-24-6-4-22(5-7-24)8-10-47-30-27(39)19-26(38)28(21-37)48-30/h4-7,20,25-28,30,37-39H,8-19,21H2,1-3H3,(H,33,42)(H,40,41)/t25?,26-,27+,28+,30+/m0/s1. The van der Waals surface area contributed by atoms with Gasteiger partial charge in [0.15, 0.2) is 6.29 Å². The van der Waals surface area contributed by atoms with Gasteiger partial charge >= 0.3 is 12.1 Å². The van der Waals surface area contributed by atoms with Crippen LogP contribution in [0.1, 0.15) is 38.4 Å². The van der Waals surface area contributed by atoms with E-state index in [1.54, 1.807) is 27.0 Å². The molecule has 17 nitrogen and oxygen atoms in total. The van der Waals surface area contributed by atoms with E-state index in [0.717, 1.165) is 5.56 Å². The van der Waals surface area contributed by atoms with Crippen molar-refractivity contribution in [2.45, 2.75) is 82.8 Å². The molecule has 17 heteroatoms. The molecule has 1 aliphatic heterocycles. The normalized spacial score (nSPS) is 20.1. The first-order valence-corrected chi connectivity index (χ1v) is 16.2. The highest BCUT2D eigenvalue weighted by molar-refractivity contribution is 5.80. The summed E-state index contributed by atoms with van der Waals surface area (Å²) < 4.78 is 40.0. The van der Waals surface area contributed by atoms with Crippen LogP contribution >= 0.6 is 0 Å². The molecule has 0 bridgehead atoms. The lowest BCUT2D eigenvalue weighted by molar-refractivity contribution is -0.269. The maximum absolute atomic E-state index is 11.9. The van der Waals surface area contributed by atoms with Gasteiger partial charge in [0.05, 0.1) is 71.2 Å². The molecule has 49 heavy (non-hydrogen) atoms. The molecule has 0 saturated carbocycles. The highest BCUT2D eigenvalue weighted by Gasteiger charge is 2.36. The van der Waals surface area contributed by atoms with Gasteiger partial charge in [0.2, 0.25) is 0 Å². The number of aliphatic hydroxyl groups excluding tert-OH is 3. The maximum atomic E-state index is 11.9. The van der Waals surface area contributed by atoms with E-state index in [-0.39, 0.29) is 19.4 Å². The number of ether oxygens (including phenoxy) is 7. The van der Waals surface area contributed by atoms with E-state index in [9.17, 15) is 30.0 Å². The zero-order valence-corrected chi connectivity index (χ0v) is 28.3. The van der Waals surface area contributed by atoms with Gasteiger partial charge in [-0.05, 0) is 44.9 Å². The lowest BCUT2D eigenvalue weighted by atomic mass is 10.0. The second-order valence-corrected chi connectivity index (χ2v) is 12.3. The van der Waals surface area contributed by atoms with Crippen molar-refractivity contribution in [1.29, 1.82) is 0 Å². The Morgan fingerprint density at radius 1 is 0.980 bits per heavy atom. The molecule has 0 radical (unpaired) electrons. The first kappa shape index (κ1) is 40.0. The zero-order valence-electron chi connectivity index (χ0n) is 28.3. The van der Waals surface area contributed by atoms with Crippen LogP contribution in [0.2, 0.25) is 0 Å². The van der Waals surface area contributed by atoms with Gasteiger partial charge in [0.1, 0.15) is 36.2 Å². The van der Waals surface area contributed by atoms with Crippen molar-refractivity contribution in [3.63, 3.8) is 0 Å². The van der Waals surface area contributed by atoms with Gasteiger partial charge in [-0.15, -0.1) is 5.10 Å². The largest absolute Gasteiger partial charge is 0.491 e. The third-order valence-corrected chi connectivity index (χ3v) is 7.00. The fourth-order valence-corrected chi connectivity index (χ4v) is 4.54. The van der Waals surface area contributed by atoms with Crippen molar-refractivity contribution in [2.24, 2.45) is 0 Å². The maximum Gasteiger partial charge on any atom is 0.408 e. The molecule has 1 aliphatic rings. The van der Waals surface area contributed by atoms with Crippen molar-refractivity contribution in [2.75, 3.05) is 59.5 Å². The van der Waals surface area contributed by atoms with Crippen LogP contribution in [0.4, 0.5) is 4.79 Å². The molecule has 2 heterocycles. The van der Waals surface area contributed by atoms with E-state index in [4.69, 9.17) is 33.2 Å². The van der Waals surface area contributed by atoms with Gasteiger partial charge in [-0.1, -0.05) is 17.3 Å². The summed E-state index contributed by atoms with van der Waals surface area (Å²) in [6.45, 7) is 8.12. The number of carbonyl (C=O) groups is 2. The molecular formula is C32H50N4O13. The molecule has 1 fully saturated rings.